The molecule has 6 aromatic rings. The van der Waals surface area contributed by atoms with E-state index in [2.05, 4.69) is 137 Å². The Morgan fingerprint density at radius 3 is 1.29 bits per heavy atom. The predicted molar refractivity (Wildman–Crippen MR) is 185 cm³/mol. The summed E-state index contributed by atoms with van der Waals surface area (Å²) in [6.45, 7) is 9.18. The molecule has 0 spiro atoms. The van der Waals surface area contributed by atoms with Crippen molar-refractivity contribution >= 4 is 20.9 Å². The van der Waals surface area contributed by atoms with Crippen LogP contribution in [0.15, 0.2) is 157 Å². The Labute approximate surface area is 268 Å². The van der Waals surface area contributed by atoms with E-state index >= 15 is 0 Å². The molecule has 0 radical (unpaired) electrons. The third kappa shape index (κ3) is 7.42. The van der Waals surface area contributed by atoms with Crippen molar-refractivity contribution in [3.63, 3.8) is 0 Å². The molecule has 0 fully saturated rings. The molecule has 0 amide bonds. The number of rotatable bonds is 7. The van der Waals surface area contributed by atoms with Gasteiger partial charge in [-0.3, -0.25) is 0 Å². The Hall–Kier alpha value is -4.51. The van der Waals surface area contributed by atoms with Crippen LogP contribution in [0.2, 0.25) is 0 Å². The van der Waals surface area contributed by atoms with Crippen molar-refractivity contribution < 1.29 is 13.0 Å². The first kappa shape index (κ1) is 31.9. The van der Waals surface area contributed by atoms with Gasteiger partial charge in [0, 0.05) is 10.8 Å². The van der Waals surface area contributed by atoms with Gasteiger partial charge in [0.05, 0.1) is 4.90 Å². The second kappa shape index (κ2) is 13.2. The Kier molecular flexibility index (Phi) is 9.38. The van der Waals surface area contributed by atoms with E-state index in [1.165, 1.54) is 39.4 Å². The minimum atomic E-state index is -4.38. The Balaban J connectivity index is 0.000000238. The van der Waals surface area contributed by atoms with Crippen molar-refractivity contribution in [1.82, 2.24) is 0 Å². The summed E-state index contributed by atoms with van der Waals surface area (Å²) in [4.78, 5) is -0.157. The summed E-state index contributed by atoms with van der Waals surface area (Å²) >= 11 is 0. The van der Waals surface area contributed by atoms with Gasteiger partial charge in [-0.2, -0.15) is 0 Å². The molecule has 0 aliphatic heterocycles. The largest absolute Gasteiger partial charge is 0.744 e. The molecule has 3 nitrogen and oxygen atoms in total. The highest BCUT2D eigenvalue weighted by molar-refractivity contribution is 7.86. The zero-order valence-corrected chi connectivity index (χ0v) is 27.1. The molecule has 45 heavy (non-hydrogen) atoms. The Morgan fingerprint density at radius 1 is 0.467 bits per heavy atom. The van der Waals surface area contributed by atoms with E-state index in [1.807, 2.05) is 0 Å². The first-order valence-electron chi connectivity index (χ1n) is 15.2. The highest BCUT2D eigenvalue weighted by Gasteiger charge is 2.23. The normalized spacial score (nSPS) is 11.9. The van der Waals surface area contributed by atoms with Crippen LogP contribution in [0.25, 0.3) is 10.8 Å². The van der Waals surface area contributed by atoms with Crippen molar-refractivity contribution in [1.29, 1.82) is 0 Å². The van der Waals surface area contributed by atoms with Crippen LogP contribution in [-0.2, 0) is 27.4 Å². The number of benzene rings is 6. The van der Waals surface area contributed by atoms with E-state index < -0.39 is 10.1 Å². The molecule has 0 aliphatic rings. The molecule has 0 aromatic heterocycles. The molecule has 0 bridgehead atoms. The maximum Gasteiger partial charge on any atom is 0.125 e. The summed E-state index contributed by atoms with van der Waals surface area (Å²) in [5.41, 5.74) is 8.10. The van der Waals surface area contributed by atoms with Crippen LogP contribution in [-0.4, -0.2) is 13.0 Å². The average Bonchev–Trinajstić information content (AvgIpc) is 3.06. The van der Waals surface area contributed by atoms with Gasteiger partial charge < -0.3 is 4.55 Å². The molecule has 4 heteroatoms. The minimum absolute atomic E-state index is 0.00442. The second-order valence-electron chi connectivity index (χ2n) is 12.5. The predicted octanol–water partition coefficient (Wildman–Crippen LogP) is 9.67. The van der Waals surface area contributed by atoms with Gasteiger partial charge >= 0.3 is 0 Å². The maximum absolute atomic E-state index is 10.9. The van der Waals surface area contributed by atoms with E-state index in [4.69, 9.17) is 0 Å². The SMILES string of the molecule is CC(C)(c1ccccc1)c1ccc(Cc2ccc(C(C)(C)c3ccccc3)cc2)cc1.O=S(=O)([O-])c1cccc2ccccc12. The molecule has 0 unspecified atom stereocenters. The number of hydrogen-bond acceptors (Lipinski definition) is 3. The van der Waals surface area contributed by atoms with E-state index in [-0.39, 0.29) is 15.7 Å². The van der Waals surface area contributed by atoms with Gasteiger partial charge in [0.15, 0.2) is 0 Å². The maximum atomic E-state index is 10.9. The summed E-state index contributed by atoms with van der Waals surface area (Å²) in [7, 11) is -4.38. The molecule has 0 saturated carbocycles. The molecular formula is C41H39O3S-. The third-order valence-corrected chi connectivity index (χ3v) is 9.66. The van der Waals surface area contributed by atoms with Gasteiger partial charge in [0.2, 0.25) is 0 Å². The van der Waals surface area contributed by atoms with Crippen molar-refractivity contribution in [2.75, 3.05) is 0 Å². The Bertz CT molecular complexity index is 1860. The summed E-state index contributed by atoms with van der Waals surface area (Å²) in [6.07, 6.45) is 0.956. The van der Waals surface area contributed by atoms with Crippen LogP contribution in [0, 0.1) is 0 Å². The van der Waals surface area contributed by atoms with Gasteiger partial charge in [-0.15, -0.1) is 0 Å². The highest BCUT2D eigenvalue weighted by atomic mass is 32.2. The van der Waals surface area contributed by atoms with Crippen LogP contribution < -0.4 is 0 Å². The summed E-state index contributed by atoms with van der Waals surface area (Å²) < 4.78 is 32.7. The van der Waals surface area contributed by atoms with Crippen LogP contribution >= 0.6 is 0 Å². The molecule has 0 atom stereocenters. The molecule has 0 heterocycles. The average molecular weight is 612 g/mol. The standard InChI is InChI=1S/C31H32.C10H8O3S/c1-30(2,26-11-7-5-8-12-26)28-19-15-24(16-20-28)23-25-17-21-29(22-18-25)31(3,4)27-13-9-6-10-14-27;11-14(12,13)10-7-3-5-8-4-1-2-6-9(8)10/h5-22H,23H2,1-4H3;1-7H,(H,11,12,13)/p-1. The van der Waals surface area contributed by atoms with E-state index in [0.29, 0.717) is 5.39 Å². The summed E-state index contributed by atoms with van der Waals surface area (Å²) in [6, 6.07) is 51.3. The lowest BCUT2D eigenvalue weighted by molar-refractivity contribution is 0.464. The van der Waals surface area contributed by atoms with Gasteiger partial charge in [-0.05, 0) is 56.6 Å². The second-order valence-corrected chi connectivity index (χ2v) is 13.8. The van der Waals surface area contributed by atoms with Crippen LogP contribution in [0.4, 0.5) is 0 Å². The molecule has 6 rings (SSSR count). The van der Waals surface area contributed by atoms with Crippen LogP contribution in [0.3, 0.4) is 0 Å². The van der Waals surface area contributed by atoms with Crippen molar-refractivity contribution in [2.24, 2.45) is 0 Å². The molecule has 0 N–H and O–H groups in total. The number of fused-ring (bicyclic) bond motifs is 1. The van der Waals surface area contributed by atoms with E-state index in [9.17, 15) is 13.0 Å². The third-order valence-electron chi connectivity index (χ3n) is 8.77. The smallest absolute Gasteiger partial charge is 0.125 e. The van der Waals surface area contributed by atoms with Gasteiger partial charge in [0.25, 0.3) is 0 Å². The van der Waals surface area contributed by atoms with Crippen molar-refractivity contribution in [3.05, 3.63) is 185 Å². The van der Waals surface area contributed by atoms with E-state index in [0.717, 1.165) is 11.8 Å². The molecule has 0 aliphatic carbocycles. The molecule has 6 aromatic carbocycles. The van der Waals surface area contributed by atoms with Gasteiger partial charge in [-0.1, -0.05) is 173 Å². The highest BCUT2D eigenvalue weighted by Crippen LogP contribution is 2.33. The fraction of sp³-hybridized carbons (Fsp3) is 0.171. The Morgan fingerprint density at radius 2 is 0.844 bits per heavy atom. The van der Waals surface area contributed by atoms with Gasteiger partial charge in [-0.25, -0.2) is 8.42 Å². The minimum Gasteiger partial charge on any atom is -0.744 e. The quantitative estimate of drug-likeness (QED) is 0.169. The van der Waals surface area contributed by atoms with Crippen molar-refractivity contribution in [2.45, 2.75) is 49.8 Å². The fourth-order valence-corrected chi connectivity index (χ4v) is 6.47. The summed E-state index contributed by atoms with van der Waals surface area (Å²) in [5, 5.41) is 1.23. The first-order valence-corrected chi connectivity index (χ1v) is 16.6. The van der Waals surface area contributed by atoms with Crippen LogP contribution in [0.1, 0.15) is 61.1 Å². The lowest BCUT2D eigenvalue weighted by atomic mass is 9.77. The lowest BCUT2D eigenvalue weighted by Gasteiger charge is -2.26. The van der Waals surface area contributed by atoms with Crippen molar-refractivity contribution in [3.8, 4) is 0 Å². The fourth-order valence-electron chi connectivity index (χ4n) is 5.77. The zero-order chi connectivity index (χ0) is 32.1. The monoisotopic (exact) mass is 611 g/mol. The summed E-state index contributed by atoms with van der Waals surface area (Å²) in [5.74, 6) is 0. The van der Waals surface area contributed by atoms with Crippen LogP contribution in [0.5, 0.6) is 0 Å². The van der Waals surface area contributed by atoms with E-state index in [1.54, 1.807) is 36.4 Å². The molecule has 228 valence electrons. The van der Waals surface area contributed by atoms with Gasteiger partial charge in [0.1, 0.15) is 10.1 Å². The zero-order valence-electron chi connectivity index (χ0n) is 26.3. The molecule has 0 saturated heterocycles. The number of hydrogen-bond donors (Lipinski definition) is 0. The molecular weight excluding hydrogens is 573 g/mol. The topological polar surface area (TPSA) is 57.2 Å². The lowest BCUT2D eigenvalue weighted by Crippen LogP contribution is -2.18. The first-order chi connectivity index (χ1) is 21.5.